The SMILES string of the molecule is CNC(=S)NC(=O)c1ccc(Br)cc1. The van der Waals surface area contributed by atoms with Crippen molar-refractivity contribution in [1.82, 2.24) is 10.6 Å². The van der Waals surface area contributed by atoms with Crippen molar-refractivity contribution >= 4 is 39.2 Å². The molecule has 0 bridgehead atoms. The van der Waals surface area contributed by atoms with Crippen LogP contribution in [-0.2, 0) is 0 Å². The van der Waals surface area contributed by atoms with Crippen LogP contribution < -0.4 is 10.6 Å². The molecule has 0 saturated heterocycles. The zero-order valence-electron chi connectivity index (χ0n) is 7.50. The van der Waals surface area contributed by atoms with E-state index in [1.165, 1.54) is 0 Å². The summed E-state index contributed by atoms with van der Waals surface area (Å²) in [5, 5.41) is 5.52. The van der Waals surface area contributed by atoms with Gasteiger partial charge in [0.25, 0.3) is 5.91 Å². The molecule has 5 heteroatoms. The van der Waals surface area contributed by atoms with E-state index < -0.39 is 0 Å². The fraction of sp³-hybridized carbons (Fsp3) is 0.111. The van der Waals surface area contributed by atoms with Crippen LogP contribution >= 0.6 is 28.1 Å². The molecule has 0 atom stereocenters. The van der Waals surface area contributed by atoms with Crippen LogP contribution in [0.25, 0.3) is 0 Å². The second-order valence-corrected chi connectivity index (χ2v) is 3.86. The Kier molecular flexibility index (Phi) is 4.03. The van der Waals surface area contributed by atoms with Gasteiger partial charge in [0.1, 0.15) is 0 Å². The molecule has 0 spiro atoms. The first-order valence-electron chi connectivity index (χ1n) is 3.92. The molecule has 0 aliphatic heterocycles. The molecule has 0 aliphatic carbocycles. The number of thiocarbonyl (C=S) groups is 1. The molecule has 0 unspecified atom stereocenters. The molecule has 1 amide bonds. The number of carbonyl (C=O) groups is 1. The lowest BCUT2D eigenvalue weighted by Crippen LogP contribution is -2.37. The predicted octanol–water partition coefficient (Wildman–Crippen LogP) is 1.68. The highest BCUT2D eigenvalue weighted by Gasteiger charge is 2.05. The zero-order chi connectivity index (χ0) is 10.6. The lowest BCUT2D eigenvalue weighted by molar-refractivity contribution is 0.0977. The number of hydrogen-bond donors (Lipinski definition) is 2. The summed E-state index contributed by atoms with van der Waals surface area (Å²) in [6.45, 7) is 0. The van der Waals surface area contributed by atoms with Crippen LogP contribution in [0.15, 0.2) is 28.7 Å². The normalized spacial score (nSPS) is 9.29. The van der Waals surface area contributed by atoms with Crippen LogP contribution in [0.5, 0.6) is 0 Å². The number of benzene rings is 1. The smallest absolute Gasteiger partial charge is 0.257 e. The molecule has 14 heavy (non-hydrogen) atoms. The van der Waals surface area contributed by atoms with Gasteiger partial charge in [-0.1, -0.05) is 15.9 Å². The van der Waals surface area contributed by atoms with E-state index in [1.54, 1.807) is 31.3 Å². The van der Waals surface area contributed by atoms with Crippen molar-refractivity contribution in [3.8, 4) is 0 Å². The van der Waals surface area contributed by atoms with Gasteiger partial charge in [-0.15, -0.1) is 0 Å². The second-order valence-electron chi connectivity index (χ2n) is 2.54. The Morgan fingerprint density at radius 3 is 2.43 bits per heavy atom. The van der Waals surface area contributed by atoms with Gasteiger partial charge in [-0.25, -0.2) is 0 Å². The Hall–Kier alpha value is -0.940. The topological polar surface area (TPSA) is 41.1 Å². The molecule has 0 radical (unpaired) electrons. The fourth-order valence-electron chi connectivity index (χ4n) is 0.839. The Balaban J connectivity index is 2.70. The van der Waals surface area contributed by atoms with Gasteiger partial charge in [-0.2, -0.15) is 0 Å². The number of carbonyl (C=O) groups excluding carboxylic acids is 1. The summed E-state index contributed by atoms with van der Waals surface area (Å²) < 4.78 is 0.935. The first kappa shape index (κ1) is 11.1. The highest BCUT2D eigenvalue weighted by molar-refractivity contribution is 9.10. The Morgan fingerprint density at radius 2 is 1.93 bits per heavy atom. The lowest BCUT2D eigenvalue weighted by Gasteiger charge is -2.05. The third-order valence-corrected chi connectivity index (χ3v) is 2.40. The van der Waals surface area contributed by atoms with Gasteiger partial charge < -0.3 is 5.32 Å². The minimum absolute atomic E-state index is 0.211. The third kappa shape index (κ3) is 3.08. The molecule has 0 heterocycles. The molecule has 1 aromatic carbocycles. The molecule has 0 saturated carbocycles. The molecule has 3 nitrogen and oxygen atoms in total. The maximum Gasteiger partial charge on any atom is 0.257 e. The summed E-state index contributed by atoms with van der Waals surface area (Å²) in [6.07, 6.45) is 0. The van der Waals surface area contributed by atoms with Crippen molar-refractivity contribution in [1.29, 1.82) is 0 Å². The Labute approximate surface area is 96.0 Å². The fourth-order valence-corrected chi connectivity index (χ4v) is 1.20. The standard InChI is InChI=1S/C9H9BrN2OS/c1-11-9(14)12-8(13)6-2-4-7(10)5-3-6/h2-5H,1H3,(H2,11,12,13,14). The maximum atomic E-state index is 11.5. The number of hydrogen-bond acceptors (Lipinski definition) is 2. The summed E-state index contributed by atoms with van der Waals surface area (Å²) in [5.41, 5.74) is 0.575. The van der Waals surface area contributed by atoms with Gasteiger partial charge in [0.2, 0.25) is 0 Å². The van der Waals surface area contributed by atoms with Crippen molar-refractivity contribution in [3.63, 3.8) is 0 Å². The van der Waals surface area contributed by atoms with Crippen molar-refractivity contribution in [2.24, 2.45) is 0 Å². The van der Waals surface area contributed by atoms with Crippen LogP contribution in [0.1, 0.15) is 10.4 Å². The summed E-state index contributed by atoms with van der Waals surface area (Å²) in [6, 6.07) is 7.05. The first-order valence-corrected chi connectivity index (χ1v) is 5.12. The van der Waals surface area contributed by atoms with Gasteiger partial charge in [0.05, 0.1) is 0 Å². The first-order chi connectivity index (χ1) is 6.63. The van der Waals surface area contributed by atoms with E-state index in [0.29, 0.717) is 10.7 Å². The van der Waals surface area contributed by atoms with Gasteiger partial charge in [-0.05, 0) is 36.5 Å². The van der Waals surface area contributed by atoms with Crippen LogP contribution in [-0.4, -0.2) is 18.1 Å². The molecule has 74 valence electrons. The molecular weight excluding hydrogens is 264 g/mol. The van der Waals surface area contributed by atoms with Crippen LogP contribution in [0, 0.1) is 0 Å². The van der Waals surface area contributed by atoms with Crippen LogP contribution in [0.3, 0.4) is 0 Å². The average Bonchev–Trinajstić information content (AvgIpc) is 2.18. The number of nitrogens with one attached hydrogen (secondary N) is 2. The summed E-state index contributed by atoms with van der Waals surface area (Å²) in [7, 11) is 1.66. The summed E-state index contributed by atoms with van der Waals surface area (Å²) in [4.78, 5) is 11.5. The van der Waals surface area contributed by atoms with Crippen molar-refractivity contribution in [2.45, 2.75) is 0 Å². The van der Waals surface area contributed by atoms with E-state index in [-0.39, 0.29) is 5.91 Å². The number of halogens is 1. The van der Waals surface area contributed by atoms with E-state index in [9.17, 15) is 4.79 Å². The van der Waals surface area contributed by atoms with Gasteiger partial charge >= 0.3 is 0 Å². The van der Waals surface area contributed by atoms with E-state index in [0.717, 1.165) is 4.47 Å². The maximum absolute atomic E-state index is 11.5. The molecule has 2 N–H and O–H groups in total. The quantitative estimate of drug-likeness (QED) is 0.765. The van der Waals surface area contributed by atoms with E-state index in [4.69, 9.17) is 12.2 Å². The predicted molar refractivity (Wildman–Crippen MR) is 63.3 cm³/mol. The summed E-state index contributed by atoms with van der Waals surface area (Å²) in [5.74, 6) is -0.211. The molecule has 0 aromatic heterocycles. The van der Waals surface area contributed by atoms with E-state index in [1.807, 2.05) is 0 Å². The molecular formula is C9H9BrN2OS. The highest BCUT2D eigenvalue weighted by atomic mass is 79.9. The van der Waals surface area contributed by atoms with E-state index >= 15 is 0 Å². The average molecular weight is 273 g/mol. The van der Waals surface area contributed by atoms with Crippen molar-refractivity contribution in [3.05, 3.63) is 34.3 Å². The van der Waals surface area contributed by atoms with Gasteiger partial charge in [0, 0.05) is 17.1 Å². The van der Waals surface area contributed by atoms with Crippen LogP contribution in [0.2, 0.25) is 0 Å². The Bertz CT molecular complexity index is 350. The molecule has 1 aromatic rings. The Morgan fingerprint density at radius 1 is 1.36 bits per heavy atom. The van der Waals surface area contributed by atoms with Gasteiger partial charge in [-0.3, -0.25) is 10.1 Å². The third-order valence-electron chi connectivity index (χ3n) is 1.56. The minimum atomic E-state index is -0.211. The van der Waals surface area contributed by atoms with Crippen LogP contribution in [0.4, 0.5) is 0 Å². The lowest BCUT2D eigenvalue weighted by atomic mass is 10.2. The van der Waals surface area contributed by atoms with Crippen molar-refractivity contribution in [2.75, 3.05) is 7.05 Å². The summed E-state index contributed by atoms with van der Waals surface area (Å²) >= 11 is 8.09. The molecule has 0 aliphatic rings. The minimum Gasteiger partial charge on any atom is -0.365 e. The molecule has 0 fully saturated rings. The van der Waals surface area contributed by atoms with E-state index in [2.05, 4.69) is 26.6 Å². The zero-order valence-corrected chi connectivity index (χ0v) is 9.91. The van der Waals surface area contributed by atoms with Crippen molar-refractivity contribution < 1.29 is 4.79 Å². The highest BCUT2D eigenvalue weighted by Crippen LogP contribution is 2.10. The largest absolute Gasteiger partial charge is 0.365 e. The second kappa shape index (κ2) is 5.07. The number of amides is 1. The number of rotatable bonds is 1. The monoisotopic (exact) mass is 272 g/mol. The van der Waals surface area contributed by atoms with Gasteiger partial charge in [0.15, 0.2) is 5.11 Å². The molecule has 1 rings (SSSR count).